The Kier molecular flexibility index (Phi) is 5.99. The summed E-state index contributed by atoms with van der Waals surface area (Å²) in [7, 11) is 1.79. The molecule has 1 atom stereocenters. The van der Waals surface area contributed by atoms with Crippen molar-refractivity contribution < 1.29 is 9.59 Å². The Morgan fingerprint density at radius 3 is 2.21 bits per heavy atom. The molecule has 0 spiro atoms. The van der Waals surface area contributed by atoms with Crippen molar-refractivity contribution in [2.24, 2.45) is 5.92 Å². The number of rotatable bonds is 7. The first-order chi connectivity index (χ1) is 11.3. The number of benzene rings is 1. The molecule has 2 N–H and O–H groups in total. The van der Waals surface area contributed by atoms with Crippen molar-refractivity contribution in [2.75, 3.05) is 25.5 Å². The van der Waals surface area contributed by atoms with Gasteiger partial charge in [0.25, 0.3) is 0 Å². The topological polar surface area (TPSA) is 61.4 Å². The molecule has 0 heterocycles. The molecule has 0 saturated heterocycles. The molecule has 1 aromatic rings. The van der Waals surface area contributed by atoms with Gasteiger partial charge >= 0.3 is 0 Å². The summed E-state index contributed by atoms with van der Waals surface area (Å²) in [4.78, 5) is 26.0. The number of amides is 2. The summed E-state index contributed by atoms with van der Waals surface area (Å²) in [5.74, 6) is 0.512. The van der Waals surface area contributed by atoms with E-state index in [9.17, 15) is 9.59 Å². The summed E-state index contributed by atoms with van der Waals surface area (Å²) in [6.45, 7) is 8.50. The monoisotopic (exact) mass is 331 g/mol. The van der Waals surface area contributed by atoms with Crippen LogP contribution in [-0.4, -0.2) is 42.9 Å². The second kappa shape index (κ2) is 7.79. The van der Waals surface area contributed by atoms with E-state index in [0.717, 1.165) is 16.8 Å². The third-order valence-corrected chi connectivity index (χ3v) is 4.49. The molecule has 0 aromatic heterocycles. The van der Waals surface area contributed by atoms with Gasteiger partial charge in [-0.2, -0.15) is 0 Å². The fraction of sp³-hybridized carbons (Fsp3) is 0.579. The van der Waals surface area contributed by atoms with Crippen LogP contribution in [0, 0.1) is 26.7 Å². The number of anilines is 1. The van der Waals surface area contributed by atoms with E-state index in [1.807, 2.05) is 27.7 Å². The van der Waals surface area contributed by atoms with E-state index >= 15 is 0 Å². The maximum atomic E-state index is 12.2. The number of hydrogen-bond donors (Lipinski definition) is 2. The molecule has 1 aromatic carbocycles. The molecule has 1 aliphatic rings. The number of carbonyl (C=O) groups excluding carboxylic acids is 2. The van der Waals surface area contributed by atoms with Crippen LogP contribution in [0.3, 0.4) is 0 Å². The van der Waals surface area contributed by atoms with Gasteiger partial charge in [0.05, 0.1) is 13.1 Å². The van der Waals surface area contributed by atoms with Gasteiger partial charge in [-0.05, 0) is 64.6 Å². The highest BCUT2D eigenvalue weighted by molar-refractivity contribution is 5.94. The molecule has 0 unspecified atom stereocenters. The Hall–Kier alpha value is -1.88. The van der Waals surface area contributed by atoms with Gasteiger partial charge in [0.15, 0.2) is 0 Å². The summed E-state index contributed by atoms with van der Waals surface area (Å²) >= 11 is 0. The highest BCUT2D eigenvalue weighted by atomic mass is 16.2. The molecule has 1 saturated carbocycles. The predicted octanol–water partition coefficient (Wildman–Crippen LogP) is 2.40. The van der Waals surface area contributed by atoms with E-state index in [4.69, 9.17) is 0 Å². The second-order valence-corrected chi connectivity index (χ2v) is 7.19. The normalized spacial score (nSPS) is 15.2. The third-order valence-electron chi connectivity index (χ3n) is 4.49. The highest BCUT2D eigenvalue weighted by Crippen LogP contribution is 2.32. The van der Waals surface area contributed by atoms with Crippen LogP contribution >= 0.6 is 0 Å². The van der Waals surface area contributed by atoms with Crippen LogP contribution in [0.15, 0.2) is 12.1 Å². The summed E-state index contributed by atoms with van der Waals surface area (Å²) in [5.41, 5.74) is 4.16. The zero-order valence-electron chi connectivity index (χ0n) is 15.4. The molecule has 5 nitrogen and oxygen atoms in total. The lowest BCUT2D eigenvalue weighted by molar-refractivity contribution is -0.123. The van der Waals surface area contributed by atoms with Crippen molar-refractivity contribution in [1.29, 1.82) is 0 Å². The number of nitrogens with one attached hydrogen (secondary N) is 2. The number of nitrogens with zero attached hydrogens (tertiary/aromatic N) is 1. The lowest BCUT2D eigenvalue weighted by Gasteiger charge is -2.19. The minimum atomic E-state index is -0.101. The van der Waals surface area contributed by atoms with Crippen LogP contribution < -0.4 is 10.6 Å². The Balaban J connectivity index is 1.82. The molecule has 5 heteroatoms. The van der Waals surface area contributed by atoms with Gasteiger partial charge in [0.2, 0.25) is 11.8 Å². The fourth-order valence-electron chi connectivity index (χ4n) is 3.12. The summed E-state index contributed by atoms with van der Waals surface area (Å²) in [6.07, 6.45) is 2.41. The Morgan fingerprint density at radius 2 is 1.67 bits per heavy atom. The molecule has 1 fully saturated rings. The van der Waals surface area contributed by atoms with E-state index in [1.54, 1.807) is 11.9 Å². The van der Waals surface area contributed by atoms with E-state index in [-0.39, 0.29) is 30.9 Å². The molecule has 0 aliphatic heterocycles. The average Bonchev–Trinajstić information content (AvgIpc) is 3.26. The van der Waals surface area contributed by atoms with Crippen LogP contribution in [0.4, 0.5) is 5.69 Å². The molecule has 24 heavy (non-hydrogen) atoms. The van der Waals surface area contributed by atoms with E-state index in [0.29, 0.717) is 5.92 Å². The molecule has 132 valence electrons. The van der Waals surface area contributed by atoms with Crippen LogP contribution in [0.25, 0.3) is 0 Å². The highest BCUT2D eigenvalue weighted by Gasteiger charge is 2.29. The van der Waals surface area contributed by atoms with Gasteiger partial charge in [-0.25, -0.2) is 0 Å². The minimum absolute atomic E-state index is 0.0209. The van der Waals surface area contributed by atoms with E-state index < -0.39 is 0 Å². The van der Waals surface area contributed by atoms with Crippen LogP contribution in [-0.2, 0) is 9.59 Å². The van der Waals surface area contributed by atoms with Crippen LogP contribution in [0.5, 0.6) is 0 Å². The summed E-state index contributed by atoms with van der Waals surface area (Å²) in [5, 5.41) is 5.97. The van der Waals surface area contributed by atoms with E-state index in [1.165, 1.54) is 18.4 Å². The molecular weight excluding hydrogens is 302 g/mol. The first kappa shape index (κ1) is 18.5. The molecule has 2 amide bonds. The van der Waals surface area contributed by atoms with Gasteiger partial charge in [-0.15, -0.1) is 0 Å². The van der Waals surface area contributed by atoms with Crippen molar-refractivity contribution in [3.63, 3.8) is 0 Å². The summed E-state index contributed by atoms with van der Waals surface area (Å²) < 4.78 is 0. The van der Waals surface area contributed by atoms with Crippen LogP contribution in [0.2, 0.25) is 0 Å². The van der Waals surface area contributed by atoms with Crippen molar-refractivity contribution in [2.45, 2.75) is 46.6 Å². The van der Waals surface area contributed by atoms with Crippen molar-refractivity contribution in [3.8, 4) is 0 Å². The second-order valence-electron chi connectivity index (χ2n) is 7.19. The zero-order valence-corrected chi connectivity index (χ0v) is 15.4. The Labute approximate surface area is 144 Å². The van der Waals surface area contributed by atoms with Crippen molar-refractivity contribution in [1.82, 2.24) is 10.2 Å². The molecule has 0 radical (unpaired) electrons. The molecule has 2 rings (SSSR count). The fourth-order valence-corrected chi connectivity index (χ4v) is 3.12. The number of likely N-dealkylation sites (N-methyl/N-ethyl adjacent to an activating group) is 1. The SMILES string of the molecule is Cc1cc(C)c(NC(=O)CN(C)CC(=O)N[C@H](C)C2CC2)c(C)c1. The lowest BCUT2D eigenvalue weighted by atomic mass is 10.1. The maximum absolute atomic E-state index is 12.2. The number of aryl methyl sites for hydroxylation is 3. The Morgan fingerprint density at radius 1 is 1.12 bits per heavy atom. The quantitative estimate of drug-likeness (QED) is 0.806. The first-order valence-corrected chi connectivity index (χ1v) is 8.62. The lowest BCUT2D eigenvalue weighted by Crippen LogP contribution is -2.42. The number of carbonyl (C=O) groups is 2. The van der Waals surface area contributed by atoms with Crippen molar-refractivity contribution in [3.05, 3.63) is 28.8 Å². The van der Waals surface area contributed by atoms with Gasteiger partial charge in [-0.3, -0.25) is 14.5 Å². The molecule has 0 bridgehead atoms. The average molecular weight is 331 g/mol. The predicted molar refractivity (Wildman–Crippen MR) is 97.1 cm³/mol. The smallest absolute Gasteiger partial charge is 0.238 e. The zero-order chi connectivity index (χ0) is 17.9. The van der Waals surface area contributed by atoms with Crippen molar-refractivity contribution >= 4 is 17.5 Å². The minimum Gasteiger partial charge on any atom is -0.352 e. The van der Waals surface area contributed by atoms with Gasteiger partial charge in [-0.1, -0.05) is 17.7 Å². The maximum Gasteiger partial charge on any atom is 0.238 e. The Bertz CT molecular complexity index is 600. The molecule has 1 aliphatic carbocycles. The van der Waals surface area contributed by atoms with Crippen LogP contribution in [0.1, 0.15) is 36.5 Å². The largest absolute Gasteiger partial charge is 0.352 e. The standard InChI is InChI=1S/C19H29N3O2/c1-12-8-13(2)19(14(3)9-12)21-18(24)11-22(5)10-17(23)20-15(4)16-6-7-16/h8-9,15-16H,6-7,10-11H2,1-5H3,(H,20,23)(H,21,24)/t15-/m1/s1. The first-order valence-electron chi connectivity index (χ1n) is 8.62. The van der Waals surface area contributed by atoms with Gasteiger partial charge in [0.1, 0.15) is 0 Å². The van der Waals surface area contributed by atoms with Gasteiger partial charge in [0, 0.05) is 11.7 Å². The number of hydrogen-bond acceptors (Lipinski definition) is 3. The van der Waals surface area contributed by atoms with Gasteiger partial charge < -0.3 is 10.6 Å². The van der Waals surface area contributed by atoms with E-state index in [2.05, 4.69) is 22.8 Å². The summed E-state index contributed by atoms with van der Waals surface area (Å²) in [6, 6.07) is 4.34. The third kappa shape index (κ3) is 5.34. The molecular formula is C19H29N3O2.